The average molecular weight is 309 g/mol. The fourth-order valence-corrected chi connectivity index (χ4v) is 2.45. The zero-order chi connectivity index (χ0) is 12.7. The van der Waals surface area contributed by atoms with Gasteiger partial charge >= 0.3 is 0 Å². The molecule has 1 saturated heterocycles. The summed E-state index contributed by atoms with van der Waals surface area (Å²) in [7, 11) is 0. The molecule has 92 valence electrons. The highest BCUT2D eigenvalue weighted by atomic mass is 79.9. The van der Waals surface area contributed by atoms with Crippen LogP contribution in [0.5, 0.6) is 0 Å². The molecule has 2 aromatic heterocycles. The van der Waals surface area contributed by atoms with Crippen LogP contribution in [0.3, 0.4) is 0 Å². The maximum absolute atomic E-state index is 11.8. The van der Waals surface area contributed by atoms with Gasteiger partial charge in [0.2, 0.25) is 16.5 Å². The second-order valence-corrected chi connectivity index (χ2v) is 4.86. The SMILES string of the molecule is O=C1CCC(c2ccn3nc(Br)nc3c2)C(=O)N1. The van der Waals surface area contributed by atoms with Crippen LogP contribution in [-0.4, -0.2) is 26.4 Å². The molecule has 0 saturated carbocycles. The van der Waals surface area contributed by atoms with E-state index in [1.54, 1.807) is 10.7 Å². The minimum Gasteiger partial charge on any atom is -0.296 e. The number of carbonyl (C=O) groups is 2. The fourth-order valence-electron chi connectivity index (χ4n) is 2.10. The molecule has 0 bridgehead atoms. The fraction of sp³-hybridized carbons (Fsp3) is 0.273. The number of amides is 2. The lowest BCUT2D eigenvalue weighted by Gasteiger charge is -2.20. The van der Waals surface area contributed by atoms with E-state index < -0.39 is 0 Å². The number of hydrogen-bond acceptors (Lipinski definition) is 4. The van der Waals surface area contributed by atoms with Crippen LogP contribution in [-0.2, 0) is 9.59 Å². The van der Waals surface area contributed by atoms with Gasteiger partial charge in [0.1, 0.15) is 0 Å². The maximum atomic E-state index is 11.8. The number of nitrogens with zero attached hydrogens (tertiary/aromatic N) is 3. The zero-order valence-electron chi connectivity index (χ0n) is 9.26. The summed E-state index contributed by atoms with van der Waals surface area (Å²) >= 11 is 3.20. The molecule has 1 aliphatic rings. The molecular weight excluding hydrogens is 300 g/mol. The molecule has 0 spiro atoms. The number of hydrogen-bond donors (Lipinski definition) is 1. The molecule has 2 amide bonds. The Labute approximate surface area is 111 Å². The predicted molar refractivity (Wildman–Crippen MR) is 65.8 cm³/mol. The Morgan fingerprint density at radius 2 is 2.28 bits per heavy atom. The lowest BCUT2D eigenvalue weighted by Crippen LogP contribution is -2.39. The van der Waals surface area contributed by atoms with E-state index in [0.29, 0.717) is 23.2 Å². The monoisotopic (exact) mass is 308 g/mol. The van der Waals surface area contributed by atoms with Crippen molar-refractivity contribution in [1.82, 2.24) is 19.9 Å². The number of carbonyl (C=O) groups excluding carboxylic acids is 2. The largest absolute Gasteiger partial charge is 0.296 e. The molecule has 0 aliphatic carbocycles. The Bertz CT molecular complexity index is 652. The van der Waals surface area contributed by atoms with Gasteiger partial charge in [-0.2, -0.15) is 0 Å². The third-order valence-corrected chi connectivity index (χ3v) is 3.31. The third kappa shape index (κ3) is 1.90. The summed E-state index contributed by atoms with van der Waals surface area (Å²) in [5.74, 6) is -0.736. The summed E-state index contributed by atoms with van der Waals surface area (Å²) in [6.45, 7) is 0. The molecule has 1 aliphatic heterocycles. The molecule has 18 heavy (non-hydrogen) atoms. The van der Waals surface area contributed by atoms with E-state index in [0.717, 1.165) is 5.56 Å². The Morgan fingerprint density at radius 1 is 1.44 bits per heavy atom. The molecule has 6 nitrogen and oxygen atoms in total. The Balaban J connectivity index is 1.98. The summed E-state index contributed by atoms with van der Waals surface area (Å²) in [5.41, 5.74) is 1.52. The summed E-state index contributed by atoms with van der Waals surface area (Å²) in [4.78, 5) is 27.0. The summed E-state index contributed by atoms with van der Waals surface area (Å²) in [6.07, 6.45) is 2.67. The number of imide groups is 1. The molecular formula is C11H9BrN4O2. The molecule has 1 fully saturated rings. The highest BCUT2D eigenvalue weighted by Crippen LogP contribution is 2.25. The van der Waals surface area contributed by atoms with Crippen LogP contribution in [0.2, 0.25) is 0 Å². The van der Waals surface area contributed by atoms with E-state index in [2.05, 4.69) is 31.3 Å². The first-order valence-corrected chi connectivity index (χ1v) is 6.28. The van der Waals surface area contributed by atoms with Gasteiger partial charge in [-0.1, -0.05) is 0 Å². The second-order valence-electron chi connectivity index (χ2n) is 4.15. The van der Waals surface area contributed by atoms with Gasteiger partial charge in [-0.15, -0.1) is 5.10 Å². The van der Waals surface area contributed by atoms with Crippen molar-refractivity contribution in [3.8, 4) is 0 Å². The smallest absolute Gasteiger partial charge is 0.234 e. The third-order valence-electron chi connectivity index (χ3n) is 2.98. The van der Waals surface area contributed by atoms with Crippen molar-refractivity contribution in [3.05, 3.63) is 28.6 Å². The lowest BCUT2D eigenvalue weighted by molar-refractivity contribution is -0.134. The number of fused-ring (bicyclic) bond motifs is 1. The van der Waals surface area contributed by atoms with Crippen molar-refractivity contribution >= 4 is 33.4 Å². The van der Waals surface area contributed by atoms with Crippen LogP contribution in [0.1, 0.15) is 24.3 Å². The first-order chi connectivity index (χ1) is 8.63. The second kappa shape index (κ2) is 4.16. The van der Waals surface area contributed by atoms with E-state index in [9.17, 15) is 9.59 Å². The van der Waals surface area contributed by atoms with Crippen LogP contribution in [0.4, 0.5) is 0 Å². The topological polar surface area (TPSA) is 76.4 Å². The molecule has 7 heteroatoms. The van der Waals surface area contributed by atoms with Gasteiger partial charge in [0, 0.05) is 12.6 Å². The average Bonchev–Trinajstić information content (AvgIpc) is 2.68. The van der Waals surface area contributed by atoms with Crippen molar-refractivity contribution < 1.29 is 9.59 Å². The molecule has 3 heterocycles. The highest BCUT2D eigenvalue weighted by molar-refractivity contribution is 9.10. The van der Waals surface area contributed by atoms with Gasteiger partial charge in [0.25, 0.3) is 0 Å². The maximum Gasteiger partial charge on any atom is 0.234 e. The van der Waals surface area contributed by atoms with Crippen LogP contribution < -0.4 is 5.32 Å². The van der Waals surface area contributed by atoms with E-state index in [4.69, 9.17) is 0 Å². The van der Waals surface area contributed by atoms with Crippen molar-refractivity contribution in [2.24, 2.45) is 0 Å². The Morgan fingerprint density at radius 3 is 3.06 bits per heavy atom. The molecule has 1 N–H and O–H groups in total. The highest BCUT2D eigenvalue weighted by Gasteiger charge is 2.28. The molecule has 2 aromatic rings. The Hall–Kier alpha value is -1.76. The molecule has 1 atom stereocenters. The quantitative estimate of drug-likeness (QED) is 0.798. The molecule has 0 radical (unpaired) electrons. The minimum atomic E-state index is -0.289. The van der Waals surface area contributed by atoms with Crippen molar-refractivity contribution in [2.45, 2.75) is 18.8 Å². The van der Waals surface area contributed by atoms with Crippen LogP contribution in [0.15, 0.2) is 23.1 Å². The van der Waals surface area contributed by atoms with E-state index in [1.807, 2.05) is 12.1 Å². The number of nitrogens with one attached hydrogen (secondary N) is 1. The van der Waals surface area contributed by atoms with Crippen molar-refractivity contribution in [2.75, 3.05) is 0 Å². The zero-order valence-corrected chi connectivity index (χ0v) is 10.8. The van der Waals surface area contributed by atoms with Gasteiger partial charge in [-0.05, 0) is 40.0 Å². The summed E-state index contributed by atoms with van der Waals surface area (Å²) in [6, 6.07) is 3.64. The van der Waals surface area contributed by atoms with E-state index >= 15 is 0 Å². The van der Waals surface area contributed by atoms with E-state index in [-0.39, 0.29) is 17.7 Å². The minimum absolute atomic E-state index is 0.206. The van der Waals surface area contributed by atoms with Gasteiger partial charge in [-0.25, -0.2) is 9.50 Å². The van der Waals surface area contributed by atoms with Gasteiger partial charge in [0.05, 0.1) is 5.92 Å². The van der Waals surface area contributed by atoms with Crippen molar-refractivity contribution in [1.29, 1.82) is 0 Å². The summed E-state index contributed by atoms with van der Waals surface area (Å²) in [5, 5.41) is 6.45. The van der Waals surface area contributed by atoms with Gasteiger partial charge < -0.3 is 0 Å². The van der Waals surface area contributed by atoms with Gasteiger partial charge in [-0.3, -0.25) is 14.9 Å². The normalized spacial score (nSPS) is 20.2. The Kier molecular flexibility index (Phi) is 2.62. The number of pyridine rings is 1. The first-order valence-electron chi connectivity index (χ1n) is 5.49. The van der Waals surface area contributed by atoms with Crippen LogP contribution in [0.25, 0.3) is 5.65 Å². The number of rotatable bonds is 1. The molecule has 1 unspecified atom stereocenters. The number of halogens is 1. The molecule has 0 aromatic carbocycles. The van der Waals surface area contributed by atoms with Gasteiger partial charge in [0.15, 0.2) is 5.65 Å². The predicted octanol–water partition coefficient (Wildman–Crippen LogP) is 1.01. The standard InChI is InChI=1S/C11H9BrN4O2/c12-11-13-8-5-6(3-4-16(8)15-11)7-1-2-9(17)14-10(7)18/h3-5,7H,1-2H2,(H,14,17,18). The first kappa shape index (κ1) is 11.3. The number of piperidine rings is 1. The van der Waals surface area contributed by atoms with Crippen LogP contribution >= 0.6 is 15.9 Å². The molecule has 3 rings (SSSR count). The summed E-state index contributed by atoms with van der Waals surface area (Å²) < 4.78 is 2.13. The van der Waals surface area contributed by atoms with Crippen molar-refractivity contribution in [3.63, 3.8) is 0 Å². The lowest BCUT2D eigenvalue weighted by atomic mass is 9.91. The number of aromatic nitrogens is 3. The van der Waals surface area contributed by atoms with Crippen LogP contribution in [0, 0.1) is 0 Å². The van der Waals surface area contributed by atoms with E-state index in [1.165, 1.54) is 0 Å².